The lowest BCUT2D eigenvalue weighted by Gasteiger charge is -2.12. The van der Waals surface area contributed by atoms with Gasteiger partial charge in [0.1, 0.15) is 4.21 Å². The molecule has 0 aliphatic carbocycles. The Morgan fingerprint density at radius 3 is 2.47 bits per heavy atom. The molecule has 0 radical (unpaired) electrons. The van der Waals surface area contributed by atoms with Gasteiger partial charge in [0.25, 0.3) is 15.9 Å². The van der Waals surface area contributed by atoms with Gasteiger partial charge in [-0.1, -0.05) is 56.7 Å². The first-order chi connectivity index (χ1) is 17.3. The van der Waals surface area contributed by atoms with Crippen LogP contribution in [0, 0.1) is 0 Å². The third kappa shape index (κ3) is 7.50. The molecular weight excluding hydrogens is 540 g/mol. The first-order valence-corrected chi connectivity index (χ1v) is 15.4. The van der Waals surface area contributed by atoms with Crippen molar-refractivity contribution in [3.63, 3.8) is 0 Å². The molecule has 3 rings (SSSR count). The Morgan fingerprint density at radius 1 is 1.06 bits per heavy atom. The number of rotatable bonds is 13. The second kappa shape index (κ2) is 13.5. The van der Waals surface area contributed by atoms with Crippen molar-refractivity contribution >= 4 is 61.9 Å². The summed E-state index contributed by atoms with van der Waals surface area (Å²) in [5.41, 5.74) is 0.745. The smallest absolute Gasteiger partial charge is 0.294 e. The highest BCUT2D eigenvalue weighted by molar-refractivity contribution is 8.19. The van der Waals surface area contributed by atoms with Gasteiger partial charge < -0.3 is 9.47 Å². The third-order valence-electron chi connectivity index (χ3n) is 5.45. The van der Waals surface area contributed by atoms with Gasteiger partial charge in [-0.3, -0.25) is 9.69 Å². The van der Waals surface area contributed by atoms with E-state index in [-0.39, 0.29) is 21.8 Å². The van der Waals surface area contributed by atoms with Crippen molar-refractivity contribution in [2.45, 2.75) is 56.6 Å². The summed E-state index contributed by atoms with van der Waals surface area (Å²) < 4.78 is 41.1. The molecule has 1 saturated heterocycles. The number of halogens is 1. The van der Waals surface area contributed by atoms with Gasteiger partial charge in [-0.05, 0) is 61.0 Å². The monoisotopic (exact) mass is 570 g/mol. The lowest BCUT2D eigenvalue weighted by atomic mass is 10.1. The van der Waals surface area contributed by atoms with Crippen LogP contribution in [0.4, 0.5) is 0 Å². The van der Waals surface area contributed by atoms with Gasteiger partial charge in [0.15, 0.2) is 16.7 Å². The molecule has 196 valence electrons. The summed E-state index contributed by atoms with van der Waals surface area (Å²) in [6.07, 6.45) is 8.72. The average Bonchev–Trinajstić information content (AvgIpc) is 3.41. The predicted molar refractivity (Wildman–Crippen MR) is 149 cm³/mol. The summed E-state index contributed by atoms with van der Waals surface area (Å²) >= 11 is 7.84. The molecule has 1 aliphatic rings. The number of hydrogen-bond donors (Lipinski definition) is 0. The highest BCUT2D eigenvalue weighted by atomic mass is 35.5. The molecule has 1 aromatic heterocycles. The molecule has 0 bridgehead atoms. The van der Waals surface area contributed by atoms with Crippen LogP contribution in [0.1, 0.15) is 57.9 Å². The second-order valence-corrected chi connectivity index (χ2v) is 12.6. The fourth-order valence-electron chi connectivity index (χ4n) is 3.55. The minimum atomic E-state index is -3.98. The lowest BCUT2D eigenvalue weighted by Crippen LogP contribution is -2.29. The molecule has 0 atom stereocenters. The van der Waals surface area contributed by atoms with E-state index in [0.717, 1.165) is 41.5 Å². The topological polar surface area (TPSA) is 85.3 Å². The van der Waals surface area contributed by atoms with E-state index in [2.05, 4.69) is 11.3 Å². The number of amidine groups is 1. The number of sulfonamides is 1. The lowest BCUT2D eigenvalue weighted by molar-refractivity contribution is -0.122. The van der Waals surface area contributed by atoms with Crippen molar-refractivity contribution in [1.82, 2.24) is 4.90 Å². The van der Waals surface area contributed by atoms with Gasteiger partial charge in [0, 0.05) is 6.54 Å². The van der Waals surface area contributed by atoms with Gasteiger partial charge in [0.2, 0.25) is 0 Å². The number of nitrogens with zero attached hydrogens (tertiary/aromatic N) is 2. The van der Waals surface area contributed by atoms with E-state index in [4.69, 9.17) is 21.1 Å². The molecule has 1 amide bonds. The molecule has 0 saturated carbocycles. The standard InChI is InChI=1S/C25H31ClN2O5S3/c1-4-6-7-8-9-10-15-33-20-16-18(11-12-19(20)32-3)17-21-24(29)28(5-2)25(34-21)27-36(30,31)23-14-13-22(26)35-23/h11-14,16-17H,4-10,15H2,1-3H3/b21-17-,27-25+. The van der Waals surface area contributed by atoms with Crippen molar-refractivity contribution < 1.29 is 22.7 Å². The van der Waals surface area contributed by atoms with E-state index in [0.29, 0.717) is 27.3 Å². The molecule has 2 aromatic rings. The maximum atomic E-state index is 13.0. The molecule has 0 N–H and O–H groups in total. The zero-order valence-electron chi connectivity index (χ0n) is 20.7. The first kappa shape index (κ1) is 28.6. The van der Waals surface area contributed by atoms with Crippen LogP contribution in [0.5, 0.6) is 11.5 Å². The van der Waals surface area contributed by atoms with E-state index in [1.54, 1.807) is 26.2 Å². The zero-order chi connectivity index (χ0) is 26.1. The van der Waals surface area contributed by atoms with E-state index >= 15 is 0 Å². The van der Waals surface area contributed by atoms with E-state index < -0.39 is 10.0 Å². The number of benzene rings is 1. The highest BCUT2D eigenvalue weighted by Crippen LogP contribution is 2.36. The molecule has 7 nitrogen and oxygen atoms in total. The highest BCUT2D eigenvalue weighted by Gasteiger charge is 2.34. The fraction of sp³-hybridized carbons (Fsp3) is 0.440. The van der Waals surface area contributed by atoms with E-state index in [9.17, 15) is 13.2 Å². The zero-order valence-corrected chi connectivity index (χ0v) is 23.9. The maximum Gasteiger partial charge on any atom is 0.294 e. The van der Waals surface area contributed by atoms with Crippen molar-refractivity contribution in [3.8, 4) is 11.5 Å². The number of methoxy groups -OCH3 is 1. The second-order valence-electron chi connectivity index (χ2n) is 8.09. The van der Waals surface area contributed by atoms with Crippen LogP contribution in [0.3, 0.4) is 0 Å². The van der Waals surface area contributed by atoms with Crippen LogP contribution in [-0.4, -0.2) is 44.7 Å². The van der Waals surface area contributed by atoms with Crippen molar-refractivity contribution in [1.29, 1.82) is 0 Å². The van der Waals surface area contributed by atoms with E-state index in [1.165, 1.54) is 42.7 Å². The number of hydrogen-bond acceptors (Lipinski definition) is 7. The number of carbonyl (C=O) groups is 1. The number of thioether (sulfide) groups is 1. The van der Waals surface area contributed by atoms with Crippen molar-refractivity contribution in [3.05, 3.63) is 45.1 Å². The third-order valence-corrected chi connectivity index (χ3v) is 9.53. The van der Waals surface area contributed by atoms with Crippen LogP contribution in [0.25, 0.3) is 6.08 Å². The Hall–Kier alpha value is -2.01. The minimum absolute atomic E-state index is 0.0313. The molecule has 0 spiro atoms. The van der Waals surface area contributed by atoms with Crippen molar-refractivity contribution in [2.75, 3.05) is 20.3 Å². The summed E-state index contributed by atoms with van der Waals surface area (Å²) in [6, 6.07) is 8.36. The van der Waals surface area contributed by atoms with Crippen LogP contribution in [0.2, 0.25) is 4.34 Å². The SMILES string of the molecule is CCCCCCCCOc1cc(/C=C2\S/C(=N/S(=O)(=O)c3ccc(Cl)s3)N(CC)C2=O)ccc1OC. The largest absolute Gasteiger partial charge is 0.493 e. The Balaban J connectivity index is 1.76. The van der Waals surface area contributed by atoms with Gasteiger partial charge >= 0.3 is 0 Å². The Morgan fingerprint density at radius 2 is 1.81 bits per heavy atom. The summed E-state index contributed by atoms with van der Waals surface area (Å²) in [6.45, 7) is 4.85. The quantitative estimate of drug-likeness (QED) is 0.194. The summed E-state index contributed by atoms with van der Waals surface area (Å²) in [7, 11) is -2.39. The molecule has 0 unspecified atom stereocenters. The fourth-order valence-corrected chi connectivity index (χ4v) is 7.26. The summed E-state index contributed by atoms with van der Waals surface area (Å²) in [5.74, 6) is 0.923. The summed E-state index contributed by atoms with van der Waals surface area (Å²) in [4.78, 5) is 14.7. The number of amides is 1. The maximum absolute atomic E-state index is 13.0. The Kier molecular flexibility index (Phi) is 10.7. The van der Waals surface area contributed by atoms with Gasteiger partial charge in [0.05, 0.1) is 23.0 Å². The van der Waals surface area contributed by atoms with Crippen LogP contribution >= 0.6 is 34.7 Å². The van der Waals surface area contributed by atoms with Crippen LogP contribution < -0.4 is 9.47 Å². The number of carbonyl (C=O) groups excluding carboxylic acids is 1. The Bertz CT molecular complexity index is 1220. The average molecular weight is 571 g/mol. The molecular formula is C25H31ClN2O5S3. The Labute approximate surface area is 226 Å². The normalized spacial score (nSPS) is 16.3. The minimum Gasteiger partial charge on any atom is -0.493 e. The number of ether oxygens (including phenoxy) is 2. The molecule has 1 aromatic carbocycles. The molecule has 2 heterocycles. The van der Waals surface area contributed by atoms with Gasteiger partial charge in [-0.25, -0.2) is 0 Å². The van der Waals surface area contributed by atoms with Gasteiger partial charge in [-0.2, -0.15) is 8.42 Å². The molecule has 1 fully saturated rings. The number of likely N-dealkylation sites (N-methyl/N-ethyl adjacent to an activating group) is 1. The van der Waals surface area contributed by atoms with Gasteiger partial charge in [-0.15, -0.1) is 15.7 Å². The molecule has 11 heteroatoms. The number of thiophene rings is 1. The molecule has 36 heavy (non-hydrogen) atoms. The predicted octanol–water partition coefficient (Wildman–Crippen LogP) is 6.83. The summed E-state index contributed by atoms with van der Waals surface area (Å²) in [5, 5.41) is 0.117. The van der Waals surface area contributed by atoms with E-state index in [1.807, 2.05) is 12.1 Å². The number of unbranched alkanes of at least 4 members (excludes halogenated alkanes) is 5. The van der Waals surface area contributed by atoms with Crippen LogP contribution in [-0.2, 0) is 14.8 Å². The van der Waals surface area contributed by atoms with Crippen LogP contribution in [0.15, 0.2) is 43.8 Å². The van der Waals surface area contributed by atoms with Crippen molar-refractivity contribution in [2.24, 2.45) is 4.40 Å². The molecule has 1 aliphatic heterocycles. The first-order valence-electron chi connectivity index (χ1n) is 11.9.